The van der Waals surface area contributed by atoms with Crippen molar-refractivity contribution in [3.8, 4) is 0 Å². The van der Waals surface area contributed by atoms with E-state index in [4.69, 9.17) is 10.2 Å². The van der Waals surface area contributed by atoms with E-state index in [1.807, 2.05) is 29.7 Å². The molecule has 0 aromatic carbocycles. The number of hydrogen-bond acceptors (Lipinski definition) is 5. The highest BCUT2D eigenvalue weighted by Gasteiger charge is 2.41. The van der Waals surface area contributed by atoms with Crippen LogP contribution in [0.1, 0.15) is 44.2 Å². The zero-order valence-electron chi connectivity index (χ0n) is 15.3. The molecule has 3 unspecified atom stereocenters. The van der Waals surface area contributed by atoms with E-state index in [1.165, 1.54) is 31.9 Å². The summed E-state index contributed by atoms with van der Waals surface area (Å²) in [5.41, 5.74) is 2.87. The molecule has 2 aromatic rings. The summed E-state index contributed by atoms with van der Waals surface area (Å²) in [6.45, 7) is 2.48. The Kier molecular flexibility index (Phi) is 5.29. The number of nitrogens with one attached hydrogen (secondary N) is 1. The van der Waals surface area contributed by atoms with E-state index in [2.05, 4.69) is 37.6 Å². The molecule has 2 bridgehead atoms. The van der Waals surface area contributed by atoms with Crippen molar-refractivity contribution >= 4 is 33.6 Å². The Balaban J connectivity index is 1.65. The van der Waals surface area contributed by atoms with Crippen molar-refractivity contribution in [3.05, 3.63) is 46.2 Å². The van der Waals surface area contributed by atoms with Crippen LogP contribution in [0.4, 0.5) is 5.82 Å². The third-order valence-corrected chi connectivity index (χ3v) is 6.33. The summed E-state index contributed by atoms with van der Waals surface area (Å²) in [5.74, 6) is 3.10. The SMILES string of the molecule is C\C=C/C=C(\C=N\O)CNc1cc(C2CC3CCC2C3)nc2c(Br)cnn12. The van der Waals surface area contributed by atoms with Gasteiger partial charge in [-0.25, -0.2) is 4.98 Å². The lowest BCUT2D eigenvalue weighted by Crippen LogP contribution is -2.15. The molecule has 2 saturated carbocycles. The third-order valence-electron chi connectivity index (χ3n) is 5.77. The average molecular weight is 430 g/mol. The van der Waals surface area contributed by atoms with Gasteiger partial charge in [-0.05, 0) is 59.5 Å². The largest absolute Gasteiger partial charge is 0.411 e. The molecule has 2 aromatic heterocycles. The Labute approximate surface area is 167 Å². The smallest absolute Gasteiger partial charge is 0.171 e. The summed E-state index contributed by atoms with van der Waals surface area (Å²) in [6.07, 6.45) is 14.3. The predicted molar refractivity (Wildman–Crippen MR) is 111 cm³/mol. The Bertz CT molecular complexity index is 916. The van der Waals surface area contributed by atoms with Crippen LogP contribution in [0, 0.1) is 11.8 Å². The molecule has 0 saturated heterocycles. The third kappa shape index (κ3) is 3.65. The lowest BCUT2D eigenvalue weighted by Gasteiger charge is -2.22. The number of allylic oxidation sites excluding steroid dienone is 3. The Morgan fingerprint density at radius 1 is 1.44 bits per heavy atom. The second-order valence-electron chi connectivity index (χ2n) is 7.44. The van der Waals surface area contributed by atoms with Gasteiger partial charge in [0.05, 0.1) is 16.9 Å². The molecule has 2 aliphatic carbocycles. The number of oxime groups is 1. The first-order chi connectivity index (χ1) is 13.2. The average Bonchev–Trinajstić information content (AvgIpc) is 3.40. The topological polar surface area (TPSA) is 74.8 Å². The lowest BCUT2D eigenvalue weighted by atomic mass is 9.86. The van der Waals surface area contributed by atoms with Gasteiger partial charge < -0.3 is 10.5 Å². The first-order valence-corrected chi connectivity index (χ1v) is 10.3. The van der Waals surface area contributed by atoms with Gasteiger partial charge in [0.2, 0.25) is 0 Å². The Morgan fingerprint density at radius 2 is 2.33 bits per heavy atom. The highest BCUT2D eigenvalue weighted by Crippen LogP contribution is 2.52. The molecule has 27 heavy (non-hydrogen) atoms. The van der Waals surface area contributed by atoms with Gasteiger partial charge in [-0.15, -0.1) is 0 Å². The van der Waals surface area contributed by atoms with Crippen LogP contribution >= 0.6 is 15.9 Å². The van der Waals surface area contributed by atoms with Gasteiger partial charge in [-0.1, -0.05) is 29.8 Å². The molecule has 0 spiro atoms. The van der Waals surface area contributed by atoms with Gasteiger partial charge in [-0.2, -0.15) is 9.61 Å². The molecule has 6 nitrogen and oxygen atoms in total. The monoisotopic (exact) mass is 429 g/mol. The Morgan fingerprint density at radius 3 is 3.04 bits per heavy atom. The van der Waals surface area contributed by atoms with Crippen LogP contribution in [0.2, 0.25) is 0 Å². The zero-order valence-corrected chi connectivity index (χ0v) is 16.9. The quantitative estimate of drug-likeness (QED) is 0.300. The van der Waals surface area contributed by atoms with Crippen molar-refractivity contribution in [2.75, 3.05) is 11.9 Å². The number of rotatable bonds is 6. The molecule has 0 aliphatic heterocycles. The van der Waals surface area contributed by atoms with Crippen LogP contribution in [0.5, 0.6) is 0 Å². The van der Waals surface area contributed by atoms with Crippen molar-refractivity contribution in [1.29, 1.82) is 0 Å². The maximum absolute atomic E-state index is 8.90. The number of anilines is 1. The molecule has 7 heteroatoms. The fourth-order valence-corrected chi connectivity index (χ4v) is 4.86. The van der Waals surface area contributed by atoms with Crippen LogP contribution in [0.15, 0.2) is 45.7 Å². The fourth-order valence-electron chi connectivity index (χ4n) is 4.51. The van der Waals surface area contributed by atoms with Crippen molar-refractivity contribution in [3.63, 3.8) is 0 Å². The lowest BCUT2D eigenvalue weighted by molar-refractivity contribution is 0.321. The van der Waals surface area contributed by atoms with Crippen molar-refractivity contribution in [2.45, 2.75) is 38.5 Å². The fraction of sp³-hybridized carbons (Fsp3) is 0.450. The minimum absolute atomic E-state index is 0.529. The molecule has 4 rings (SSSR count). The number of halogens is 1. The van der Waals surface area contributed by atoms with E-state index in [9.17, 15) is 0 Å². The molecule has 2 aliphatic rings. The summed E-state index contributed by atoms with van der Waals surface area (Å²) in [7, 11) is 0. The van der Waals surface area contributed by atoms with E-state index in [1.54, 1.807) is 6.20 Å². The number of nitrogens with zero attached hydrogens (tertiary/aromatic N) is 4. The van der Waals surface area contributed by atoms with E-state index in [0.717, 1.165) is 39.0 Å². The van der Waals surface area contributed by atoms with Crippen LogP contribution < -0.4 is 5.32 Å². The molecule has 2 fully saturated rings. The van der Waals surface area contributed by atoms with Crippen molar-refractivity contribution in [2.24, 2.45) is 17.0 Å². The standard InChI is InChI=1S/C20H24BrN5O/c1-2-3-4-14(11-24-27)10-22-19-9-18(16-8-13-5-6-15(16)7-13)25-20-17(21)12-23-26(19)20/h2-4,9,11-13,15-16,22,27H,5-8,10H2,1H3/b3-2-,14-4-,24-11+. The van der Waals surface area contributed by atoms with E-state index >= 15 is 0 Å². The maximum atomic E-state index is 8.90. The summed E-state index contributed by atoms with van der Waals surface area (Å²) in [6, 6.07) is 2.14. The predicted octanol–water partition coefficient (Wildman–Crippen LogP) is 4.77. The summed E-state index contributed by atoms with van der Waals surface area (Å²) in [4.78, 5) is 4.93. The van der Waals surface area contributed by atoms with E-state index in [0.29, 0.717) is 12.5 Å². The minimum atomic E-state index is 0.529. The number of fused-ring (bicyclic) bond motifs is 3. The second kappa shape index (κ2) is 7.84. The molecule has 142 valence electrons. The van der Waals surface area contributed by atoms with Crippen LogP contribution in [0.25, 0.3) is 5.65 Å². The maximum Gasteiger partial charge on any atom is 0.171 e. The zero-order chi connectivity index (χ0) is 18.8. The second-order valence-corrected chi connectivity index (χ2v) is 8.30. The van der Waals surface area contributed by atoms with Gasteiger partial charge in [0.1, 0.15) is 5.82 Å². The first kappa shape index (κ1) is 18.2. The van der Waals surface area contributed by atoms with Gasteiger partial charge in [0.25, 0.3) is 0 Å². The van der Waals surface area contributed by atoms with Gasteiger partial charge in [0, 0.05) is 24.2 Å². The molecule has 2 N–H and O–H groups in total. The van der Waals surface area contributed by atoms with Crippen LogP contribution in [0.3, 0.4) is 0 Å². The molecular formula is C20H24BrN5O. The molecule has 0 radical (unpaired) electrons. The molecule has 3 atom stereocenters. The minimum Gasteiger partial charge on any atom is -0.411 e. The number of hydrogen-bond donors (Lipinski definition) is 2. The highest BCUT2D eigenvalue weighted by atomic mass is 79.9. The molecule has 2 heterocycles. The van der Waals surface area contributed by atoms with Crippen molar-refractivity contribution in [1.82, 2.24) is 14.6 Å². The summed E-state index contributed by atoms with van der Waals surface area (Å²) >= 11 is 3.58. The first-order valence-electron chi connectivity index (χ1n) is 9.47. The molecular weight excluding hydrogens is 406 g/mol. The van der Waals surface area contributed by atoms with E-state index in [-0.39, 0.29) is 0 Å². The van der Waals surface area contributed by atoms with Gasteiger partial charge in [0.15, 0.2) is 5.65 Å². The van der Waals surface area contributed by atoms with Crippen LogP contribution in [-0.4, -0.2) is 32.6 Å². The normalized spacial score (nSPS) is 25.4. The Hall–Kier alpha value is -2.15. The highest BCUT2D eigenvalue weighted by molar-refractivity contribution is 9.10. The number of aromatic nitrogens is 3. The van der Waals surface area contributed by atoms with Crippen LogP contribution in [-0.2, 0) is 0 Å². The van der Waals surface area contributed by atoms with Gasteiger partial charge >= 0.3 is 0 Å². The molecule has 0 amide bonds. The van der Waals surface area contributed by atoms with Crippen molar-refractivity contribution < 1.29 is 5.21 Å². The van der Waals surface area contributed by atoms with Gasteiger partial charge in [-0.3, -0.25) is 0 Å². The van der Waals surface area contributed by atoms with E-state index < -0.39 is 0 Å². The summed E-state index contributed by atoms with van der Waals surface area (Å²) in [5, 5.41) is 20.0. The summed E-state index contributed by atoms with van der Waals surface area (Å²) < 4.78 is 2.72.